The van der Waals surface area contributed by atoms with E-state index in [4.69, 9.17) is 4.74 Å². The normalized spacial score (nSPS) is 15.2. The molecule has 0 unspecified atom stereocenters. The first-order valence-corrected chi connectivity index (χ1v) is 8.92. The Morgan fingerprint density at radius 3 is 2.54 bits per heavy atom. The Kier molecular flexibility index (Phi) is 6.60. The van der Waals surface area contributed by atoms with Gasteiger partial charge in [0.05, 0.1) is 6.54 Å². The van der Waals surface area contributed by atoms with E-state index in [0.717, 1.165) is 0 Å². The molecule has 0 spiro atoms. The largest absolute Gasteiger partial charge is 0.447 e. The lowest BCUT2D eigenvalue weighted by molar-refractivity contribution is -0.127. The third-order valence-electron chi connectivity index (χ3n) is 4.05. The van der Waals surface area contributed by atoms with E-state index in [1.807, 2.05) is 27.7 Å². The first kappa shape index (κ1) is 19.8. The molecule has 7 nitrogen and oxygen atoms in total. The molecular formula is C19H27N3O4. The molecule has 1 aliphatic rings. The summed E-state index contributed by atoms with van der Waals surface area (Å²) in [5.41, 5.74) is 1.23. The summed E-state index contributed by atoms with van der Waals surface area (Å²) in [5, 5.41) is 5.64. The van der Waals surface area contributed by atoms with Gasteiger partial charge in [0, 0.05) is 17.8 Å². The van der Waals surface area contributed by atoms with E-state index in [9.17, 15) is 14.4 Å². The van der Waals surface area contributed by atoms with Crippen molar-refractivity contribution in [3.8, 4) is 0 Å². The second-order valence-corrected chi connectivity index (χ2v) is 7.19. The number of benzene rings is 1. The number of anilines is 2. The zero-order chi connectivity index (χ0) is 19.3. The van der Waals surface area contributed by atoms with Gasteiger partial charge in [0.15, 0.2) is 0 Å². The smallest absolute Gasteiger partial charge is 0.414 e. The summed E-state index contributed by atoms with van der Waals surface area (Å²) in [7, 11) is 0. The maximum atomic E-state index is 12.6. The Morgan fingerprint density at radius 1 is 1.23 bits per heavy atom. The van der Waals surface area contributed by atoms with E-state index in [1.165, 1.54) is 4.90 Å². The van der Waals surface area contributed by atoms with E-state index in [0.29, 0.717) is 30.9 Å². The number of hydrogen-bond donors (Lipinski definition) is 2. The molecule has 1 aliphatic heterocycles. The third-order valence-corrected chi connectivity index (χ3v) is 4.05. The van der Waals surface area contributed by atoms with Gasteiger partial charge < -0.3 is 15.4 Å². The van der Waals surface area contributed by atoms with Crippen LogP contribution in [0.1, 0.15) is 34.1 Å². The number of carbonyl (C=O) groups excluding carboxylic acids is 3. The Bertz CT molecular complexity index is 673. The van der Waals surface area contributed by atoms with Crippen LogP contribution in [0.25, 0.3) is 0 Å². The summed E-state index contributed by atoms with van der Waals surface area (Å²) in [4.78, 5) is 37.9. The van der Waals surface area contributed by atoms with Crippen molar-refractivity contribution in [2.45, 2.75) is 40.2 Å². The van der Waals surface area contributed by atoms with E-state index < -0.39 is 12.1 Å². The quantitative estimate of drug-likeness (QED) is 0.782. The van der Waals surface area contributed by atoms with Crippen LogP contribution in [-0.4, -0.2) is 37.1 Å². The Morgan fingerprint density at radius 2 is 1.96 bits per heavy atom. The Hall–Kier alpha value is -2.57. The molecule has 1 aromatic carbocycles. The van der Waals surface area contributed by atoms with Crippen molar-refractivity contribution in [1.29, 1.82) is 0 Å². The zero-order valence-corrected chi connectivity index (χ0v) is 15.7. The highest BCUT2D eigenvalue weighted by molar-refractivity contribution is 5.98. The van der Waals surface area contributed by atoms with Crippen LogP contribution >= 0.6 is 0 Å². The van der Waals surface area contributed by atoms with Crippen molar-refractivity contribution in [1.82, 2.24) is 5.32 Å². The molecule has 1 atom stereocenters. The molecule has 1 fully saturated rings. The number of nitrogens with one attached hydrogen (secondary N) is 2. The molecule has 142 valence electrons. The minimum absolute atomic E-state index is 0.0529. The molecule has 1 saturated heterocycles. The molecule has 1 heterocycles. The number of hydrogen-bond acceptors (Lipinski definition) is 4. The fraction of sp³-hybridized carbons (Fsp3) is 0.526. The molecule has 3 amide bonds. The summed E-state index contributed by atoms with van der Waals surface area (Å²) in [5.74, 6) is -0.244. The van der Waals surface area contributed by atoms with Gasteiger partial charge in [-0.25, -0.2) is 4.79 Å². The van der Waals surface area contributed by atoms with E-state index in [2.05, 4.69) is 10.6 Å². The van der Waals surface area contributed by atoms with Gasteiger partial charge in [0.2, 0.25) is 11.8 Å². The second-order valence-electron chi connectivity index (χ2n) is 7.19. The monoisotopic (exact) mass is 361 g/mol. The van der Waals surface area contributed by atoms with Gasteiger partial charge in [0.25, 0.3) is 0 Å². The molecule has 1 aromatic rings. The lowest BCUT2D eigenvalue weighted by Crippen LogP contribution is -2.47. The standard InChI is InChI=1S/C19H27N3O4/c1-12(2)10-16(23)21-17(13(3)4)18(24)20-14-6-5-7-15(11-14)22-8-9-26-19(22)25/h5-7,11-13,17H,8-10H2,1-4H3,(H,20,24)(H,21,23)/t17-/m0/s1. The molecule has 0 aliphatic carbocycles. The van der Waals surface area contributed by atoms with Crippen LogP contribution in [0.2, 0.25) is 0 Å². The summed E-state index contributed by atoms with van der Waals surface area (Å²) < 4.78 is 4.94. The molecule has 0 saturated carbocycles. The van der Waals surface area contributed by atoms with Gasteiger partial charge in [-0.15, -0.1) is 0 Å². The highest BCUT2D eigenvalue weighted by atomic mass is 16.6. The second kappa shape index (κ2) is 8.69. The molecule has 2 rings (SSSR count). The van der Waals surface area contributed by atoms with Crippen molar-refractivity contribution >= 4 is 29.3 Å². The fourth-order valence-corrected chi connectivity index (χ4v) is 2.74. The molecule has 2 N–H and O–H groups in total. The Labute approximate surface area is 154 Å². The molecule has 7 heteroatoms. The first-order chi connectivity index (χ1) is 12.3. The van der Waals surface area contributed by atoms with Gasteiger partial charge in [-0.1, -0.05) is 33.8 Å². The molecule has 26 heavy (non-hydrogen) atoms. The summed E-state index contributed by atoms with van der Waals surface area (Å²) >= 11 is 0. The van der Waals surface area contributed by atoms with Gasteiger partial charge in [-0.3, -0.25) is 14.5 Å². The average Bonchev–Trinajstić information content (AvgIpc) is 2.98. The lowest BCUT2D eigenvalue weighted by Gasteiger charge is -2.22. The van der Waals surface area contributed by atoms with E-state index in [1.54, 1.807) is 24.3 Å². The SMILES string of the molecule is CC(C)CC(=O)N[C@H](C(=O)Nc1cccc(N2CCOC2=O)c1)C(C)C. The predicted octanol–water partition coefficient (Wildman–Crippen LogP) is 2.77. The van der Waals surface area contributed by atoms with Crippen molar-refractivity contribution < 1.29 is 19.1 Å². The summed E-state index contributed by atoms with van der Waals surface area (Å²) in [6, 6.07) is 6.39. The van der Waals surface area contributed by atoms with Gasteiger partial charge in [0.1, 0.15) is 12.6 Å². The average molecular weight is 361 g/mol. The topological polar surface area (TPSA) is 87.7 Å². The maximum absolute atomic E-state index is 12.6. The van der Waals surface area contributed by atoms with Crippen LogP contribution in [-0.2, 0) is 14.3 Å². The minimum atomic E-state index is -0.623. The lowest BCUT2D eigenvalue weighted by atomic mass is 10.0. The zero-order valence-electron chi connectivity index (χ0n) is 15.7. The third kappa shape index (κ3) is 5.21. The van der Waals surface area contributed by atoms with E-state index in [-0.39, 0.29) is 23.7 Å². The van der Waals surface area contributed by atoms with Crippen molar-refractivity contribution in [2.75, 3.05) is 23.4 Å². The van der Waals surface area contributed by atoms with Crippen LogP contribution in [0.5, 0.6) is 0 Å². The van der Waals surface area contributed by atoms with Gasteiger partial charge in [-0.2, -0.15) is 0 Å². The summed E-state index contributed by atoms with van der Waals surface area (Å²) in [6.45, 7) is 8.52. The van der Waals surface area contributed by atoms with Gasteiger partial charge in [-0.05, 0) is 30.0 Å². The van der Waals surface area contributed by atoms with Crippen LogP contribution in [0, 0.1) is 11.8 Å². The number of carbonyl (C=O) groups is 3. The molecule has 0 aromatic heterocycles. The van der Waals surface area contributed by atoms with Crippen LogP contribution in [0.3, 0.4) is 0 Å². The number of amides is 3. The predicted molar refractivity (Wildman–Crippen MR) is 100.0 cm³/mol. The molecular weight excluding hydrogens is 334 g/mol. The highest BCUT2D eigenvalue weighted by Gasteiger charge is 2.26. The maximum Gasteiger partial charge on any atom is 0.414 e. The number of rotatable bonds is 7. The first-order valence-electron chi connectivity index (χ1n) is 8.92. The van der Waals surface area contributed by atoms with Crippen molar-refractivity contribution in [2.24, 2.45) is 11.8 Å². The van der Waals surface area contributed by atoms with Crippen molar-refractivity contribution in [3.05, 3.63) is 24.3 Å². The number of ether oxygens (including phenoxy) is 1. The molecule has 0 radical (unpaired) electrons. The molecule has 0 bridgehead atoms. The number of cyclic esters (lactones) is 1. The van der Waals surface area contributed by atoms with Crippen LogP contribution in [0.4, 0.5) is 16.2 Å². The Balaban J connectivity index is 2.06. The van der Waals surface area contributed by atoms with Gasteiger partial charge >= 0.3 is 6.09 Å². The highest BCUT2D eigenvalue weighted by Crippen LogP contribution is 2.22. The summed E-state index contributed by atoms with van der Waals surface area (Å²) in [6.07, 6.45) is -0.0160. The van der Waals surface area contributed by atoms with E-state index >= 15 is 0 Å². The minimum Gasteiger partial charge on any atom is -0.447 e. The van der Waals surface area contributed by atoms with Crippen LogP contribution in [0.15, 0.2) is 24.3 Å². The number of nitrogens with zero attached hydrogens (tertiary/aromatic N) is 1. The van der Waals surface area contributed by atoms with Crippen molar-refractivity contribution in [3.63, 3.8) is 0 Å². The van der Waals surface area contributed by atoms with Crippen LogP contribution < -0.4 is 15.5 Å². The fourth-order valence-electron chi connectivity index (χ4n) is 2.74.